The van der Waals surface area contributed by atoms with E-state index in [9.17, 15) is 14.4 Å². The van der Waals surface area contributed by atoms with Crippen molar-refractivity contribution in [3.8, 4) is 5.75 Å². The Morgan fingerprint density at radius 1 is 1.20 bits per heavy atom. The standard InChI is InChI=1S/C27H36N3O9PS/c1-17(2)35-23(32)18(3)29-40(41,38-19-10-6-5-7-11-19)34-16-20-22-26(4,39-27(37-22)13-8-9-14-27)24(36-20)30-15-12-21(31)28-25(30)33/h5-7,10-12,15,17-18,20,22,24H,8-9,13-14,16H2,1-4H3,(H,29,41)(H,28,31,33)/t18-,20+,22+,24+,26+,40?/m0/s1. The maximum Gasteiger partial charge on any atom is 0.330 e. The predicted octanol–water partition coefficient (Wildman–Crippen LogP) is 3.13. The molecule has 1 aromatic heterocycles. The maximum absolute atomic E-state index is 12.8. The van der Waals surface area contributed by atoms with Crippen molar-refractivity contribution in [3.05, 3.63) is 63.4 Å². The van der Waals surface area contributed by atoms with Gasteiger partial charge in [-0.3, -0.25) is 19.1 Å². The van der Waals surface area contributed by atoms with Crippen LogP contribution in [-0.2, 0) is 40.1 Å². The van der Waals surface area contributed by atoms with Gasteiger partial charge < -0.3 is 28.0 Å². The fourth-order valence-corrected chi connectivity index (χ4v) is 7.98. The molecular weight excluding hydrogens is 573 g/mol. The average Bonchev–Trinajstić information content (AvgIpc) is 3.55. The smallest absolute Gasteiger partial charge is 0.330 e. The lowest BCUT2D eigenvalue weighted by atomic mass is 9.96. The second kappa shape index (κ2) is 11.7. The number of nitrogens with one attached hydrogen (secondary N) is 2. The zero-order chi connectivity index (χ0) is 29.4. The number of aromatic nitrogens is 2. The Hall–Kier alpha value is -2.38. The number of hydrogen-bond donors (Lipinski definition) is 2. The first-order chi connectivity index (χ1) is 19.4. The molecule has 2 N–H and O–H groups in total. The Morgan fingerprint density at radius 3 is 2.56 bits per heavy atom. The molecule has 0 bridgehead atoms. The van der Waals surface area contributed by atoms with Crippen molar-refractivity contribution in [1.29, 1.82) is 0 Å². The number of esters is 1. The second-order valence-electron chi connectivity index (χ2n) is 11.0. The van der Waals surface area contributed by atoms with Crippen LogP contribution in [0.25, 0.3) is 0 Å². The zero-order valence-electron chi connectivity index (χ0n) is 23.4. The van der Waals surface area contributed by atoms with E-state index in [0.29, 0.717) is 18.6 Å². The number of carbonyl (C=O) groups excluding carboxylic acids is 1. The summed E-state index contributed by atoms with van der Waals surface area (Å²) in [5.74, 6) is -0.820. The largest absolute Gasteiger partial charge is 0.462 e. The molecule has 0 amide bonds. The van der Waals surface area contributed by atoms with E-state index in [-0.39, 0.29) is 12.7 Å². The van der Waals surface area contributed by atoms with Crippen LogP contribution in [0.2, 0.25) is 0 Å². The molecule has 1 aliphatic carbocycles. The number of hydrogen-bond acceptors (Lipinski definition) is 10. The Kier molecular flexibility index (Phi) is 8.60. The van der Waals surface area contributed by atoms with Crippen LogP contribution in [0.5, 0.6) is 5.75 Å². The molecule has 14 heteroatoms. The van der Waals surface area contributed by atoms with Crippen LogP contribution in [0.3, 0.4) is 0 Å². The molecule has 12 nitrogen and oxygen atoms in total. The lowest BCUT2D eigenvalue weighted by molar-refractivity contribution is -0.232. The van der Waals surface area contributed by atoms with E-state index < -0.39 is 59.7 Å². The molecule has 224 valence electrons. The molecule has 1 saturated carbocycles. The molecule has 1 unspecified atom stereocenters. The summed E-state index contributed by atoms with van der Waals surface area (Å²) in [5.41, 5.74) is -2.21. The summed E-state index contributed by atoms with van der Waals surface area (Å²) in [5, 5.41) is 3.03. The van der Waals surface area contributed by atoms with E-state index in [2.05, 4.69) is 10.1 Å². The minimum absolute atomic E-state index is 0.0860. The van der Waals surface area contributed by atoms with Gasteiger partial charge in [0.1, 0.15) is 29.6 Å². The third kappa shape index (κ3) is 6.36. The number of carbonyl (C=O) groups is 1. The van der Waals surface area contributed by atoms with Crippen molar-refractivity contribution in [2.24, 2.45) is 0 Å². The number of ether oxygens (including phenoxy) is 4. The van der Waals surface area contributed by atoms with Crippen LogP contribution < -0.4 is 20.9 Å². The molecule has 41 heavy (non-hydrogen) atoms. The minimum Gasteiger partial charge on any atom is -0.462 e. The van der Waals surface area contributed by atoms with Crippen LogP contribution in [0.1, 0.15) is 59.6 Å². The fraction of sp³-hybridized carbons (Fsp3) is 0.593. The monoisotopic (exact) mass is 609 g/mol. The molecule has 3 heterocycles. The Labute approximate surface area is 242 Å². The highest BCUT2D eigenvalue weighted by molar-refractivity contribution is 8.09. The summed E-state index contributed by atoms with van der Waals surface area (Å²) in [4.78, 5) is 39.4. The highest BCUT2D eigenvalue weighted by Gasteiger charge is 2.67. The summed E-state index contributed by atoms with van der Waals surface area (Å²) < 4.78 is 38.5. The first-order valence-corrected chi connectivity index (χ1v) is 16.4. The highest BCUT2D eigenvalue weighted by Crippen LogP contribution is 2.56. The minimum atomic E-state index is -3.36. The van der Waals surface area contributed by atoms with Gasteiger partial charge in [0.05, 0.1) is 12.7 Å². The van der Waals surface area contributed by atoms with Gasteiger partial charge in [-0.25, -0.2) is 9.88 Å². The van der Waals surface area contributed by atoms with Crippen molar-refractivity contribution in [2.75, 3.05) is 6.61 Å². The molecule has 5 rings (SSSR count). The first-order valence-electron chi connectivity index (χ1n) is 13.7. The van der Waals surface area contributed by atoms with E-state index in [1.165, 1.54) is 16.8 Å². The number of rotatable bonds is 10. The number of aromatic amines is 1. The number of benzene rings is 1. The quantitative estimate of drug-likeness (QED) is 0.303. The van der Waals surface area contributed by atoms with Crippen molar-refractivity contribution in [1.82, 2.24) is 14.6 Å². The molecule has 2 aliphatic heterocycles. The Bertz CT molecular complexity index is 1410. The topological polar surface area (TPSA) is 139 Å². The number of nitrogens with zero attached hydrogens (tertiary/aromatic N) is 1. The van der Waals surface area contributed by atoms with Crippen LogP contribution in [-0.4, -0.2) is 57.9 Å². The van der Waals surface area contributed by atoms with Gasteiger partial charge in [-0.1, -0.05) is 18.2 Å². The molecule has 2 aromatic rings. The van der Waals surface area contributed by atoms with Gasteiger partial charge in [-0.05, 0) is 64.5 Å². The summed E-state index contributed by atoms with van der Waals surface area (Å²) in [6.07, 6.45) is 2.16. The van der Waals surface area contributed by atoms with Gasteiger partial charge >= 0.3 is 18.3 Å². The summed E-state index contributed by atoms with van der Waals surface area (Å²) in [6.45, 7) is 3.55. The molecule has 0 radical (unpaired) electrons. The molecule has 3 fully saturated rings. The molecule has 3 aliphatic rings. The maximum atomic E-state index is 12.8. The molecule has 1 spiro atoms. The lowest BCUT2D eigenvalue weighted by Gasteiger charge is -2.31. The highest BCUT2D eigenvalue weighted by atomic mass is 32.5. The number of para-hydroxylation sites is 1. The normalized spacial score (nSPS) is 28.9. The number of H-pyrrole nitrogens is 1. The SMILES string of the molecule is CC(C)OC(=O)[C@H](C)NP(=S)(OC[C@H]1O[C@@H](n2ccc(=O)[nH]c2=O)[C@]2(C)OC3(CCCC3)O[C@H]12)Oc1ccccc1. The van der Waals surface area contributed by atoms with Gasteiger partial charge in [0, 0.05) is 25.1 Å². The van der Waals surface area contributed by atoms with Gasteiger partial charge in [0.25, 0.3) is 5.56 Å². The Morgan fingerprint density at radius 2 is 1.90 bits per heavy atom. The van der Waals surface area contributed by atoms with E-state index in [1.54, 1.807) is 45.0 Å². The van der Waals surface area contributed by atoms with Gasteiger partial charge in [0.2, 0.25) is 0 Å². The van der Waals surface area contributed by atoms with Crippen molar-refractivity contribution >= 4 is 24.4 Å². The molecular formula is C27H36N3O9PS. The molecule has 2 saturated heterocycles. The predicted molar refractivity (Wildman–Crippen MR) is 152 cm³/mol. The zero-order valence-corrected chi connectivity index (χ0v) is 25.2. The van der Waals surface area contributed by atoms with Crippen LogP contribution in [0.4, 0.5) is 0 Å². The Balaban J connectivity index is 1.41. The third-order valence-corrected chi connectivity index (χ3v) is 9.85. The van der Waals surface area contributed by atoms with E-state index in [0.717, 1.165) is 12.8 Å². The van der Waals surface area contributed by atoms with Crippen molar-refractivity contribution in [3.63, 3.8) is 0 Å². The van der Waals surface area contributed by atoms with Crippen molar-refractivity contribution < 1.29 is 32.8 Å². The molecule has 6 atom stereocenters. The van der Waals surface area contributed by atoms with E-state index in [1.807, 2.05) is 13.0 Å². The van der Waals surface area contributed by atoms with Crippen LogP contribution in [0, 0.1) is 0 Å². The summed E-state index contributed by atoms with van der Waals surface area (Å²) >= 11 is 5.86. The third-order valence-electron chi connectivity index (χ3n) is 7.35. The average molecular weight is 610 g/mol. The fourth-order valence-electron chi connectivity index (χ4n) is 5.56. The summed E-state index contributed by atoms with van der Waals surface area (Å²) in [6, 6.07) is 9.36. The van der Waals surface area contributed by atoms with Gasteiger partial charge in [-0.2, -0.15) is 0 Å². The van der Waals surface area contributed by atoms with Crippen LogP contribution >= 0.6 is 6.64 Å². The van der Waals surface area contributed by atoms with Gasteiger partial charge in [0.15, 0.2) is 12.0 Å². The number of fused-ring (bicyclic) bond motifs is 1. The lowest BCUT2D eigenvalue weighted by Crippen LogP contribution is -2.45. The van der Waals surface area contributed by atoms with Crippen molar-refractivity contribution in [2.45, 2.75) is 95.3 Å². The summed E-state index contributed by atoms with van der Waals surface area (Å²) in [7, 11) is 0. The van der Waals surface area contributed by atoms with E-state index in [4.69, 9.17) is 39.8 Å². The molecule has 1 aromatic carbocycles. The second-order valence-corrected chi connectivity index (χ2v) is 14.2. The van der Waals surface area contributed by atoms with Crippen LogP contribution in [0.15, 0.2) is 52.2 Å². The first kappa shape index (κ1) is 30.1. The van der Waals surface area contributed by atoms with Gasteiger partial charge in [-0.15, -0.1) is 0 Å². The van der Waals surface area contributed by atoms with E-state index >= 15 is 0 Å².